The van der Waals surface area contributed by atoms with Crippen molar-refractivity contribution >= 4 is 0 Å². The van der Waals surface area contributed by atoms with E-state index in [1.807, 2.05) is 62.4 Å². The van der Waals surface area contributed by atoms with E-state index in [1.165, 1.54) is 0 Å². The third-order valence-electron chi connectivity index (χ3n) is 3.54. The van der Waals surface area contributed by atoms with Crippen molar-refractivity contribution in [3.8, 4) is 11.5 Å². The van der Waals surface area contributed by atoms with Crippen molar-refractivity contribution in [2.24, 2.45) is 0 Å². The van der Waals surface area contributed by atoms with Gasteiger partial charge < -0.3 is 18.9 Å². The van der Waals surface area contributed by atoms with Crippen LogP contribution in [-0.2, 0) is 9.47 Å². The lowest BCUT2D eigenvalue weighted by Gasteiger charge is -2.32. The fourth-order valence-corrected chi connectivity index (χ4v) is 2.29. The predicted octanol–water partition coefficient (Wildman–Crippen LogP) is 3.46. The molecule has 116 valence electrons. The Labute approximate surface area is 130 Å². The van der Waals surface area contributed by atoms with Crippen LogP contribution in [0, 0.1) is 13.8 Å². The summed E-state index contributed by atoms with van der Waals surface area (Å²) in [6.07, 6.45) is -1.18. The topological polar surface area (TPSA) is 36.9 Å². The zero-order chi connectivity index (χ0) is 15.4. The van der Waals surface area contributed by atoms with Gasteiger partial charge in [0.05, 0.1) is 13.2 Å². The van der Waals surface area contributed by atoms with E-state index in [9.17, 15) is 0 Å². The molecule has 1 heterocycles. The van der Waals surface area contributed by atoms with E-state index < -0.39 is 12.6 Å². The Balaban J connectivity index is 1.74. The SMILES string of the molecule is Cc1ccccc1O[C@H]1OCCO[C@H]1Oc1ccccc1C. The first-order chi connectivity index (χ1) is 10.7. The van der Waals surface area contributed by atoms with Gasteiger partial charge in [-0.25, -0.2) is 0 Å². The van der Waals surface area contributed by atoms with Crippen LogP contribution >= 0.6 is 0 Å². The van der Waals surface area contributed by atoms with Crippen molar-refractivity contribution in [1.82, 2.24) is 0 Å². The third-order valence-corrected chi connectivity index (χ3v) is 3.54. The van der Waals surface area contributed by atoms with Crippen LogP contribution in [0.5, 0.6) is 11.5 Å². The second-order valence-electron chi connectivity index (χ2n) is 5.25. The number of aryl methyl sites for hydroxylation is 2. The van der Waals surface area contributed by atoms with Crippen LogP contribution in [0.1, 0.15) is 11.1 Å². The van der Waals surface area contributed by atoms with Gasteiger partial charge in [-0.2, -0.15) is 0 Å². The number of para-hydroxylation sites is 2. The zero-order valence-electron chi connectivity index (χ0n) is 12.8. The minimum atomic E-state index is -0.588. The molecule has 0 radical (unpaired) electrons. The summed E-state index contributed by atoms with van der Waals surface area (Å²) < 4.78 is 23.3. The lowest BCUT2D eigenvalue weighted by Crippen LogP contribution is -2.45. The molecule has 1 saturated heterocycles. The van der Waals surface area contributed by atoms with Crippen molar-refractivity contribution in [2.75, 3.05) is 13.2 Å². The largest absolute Gasteiger partial charge is 0.458 e. The summed E-state index contributed by atoms with van der Waals surface area (Å²) in [5, 5.41) is 0. The van der Waals surface area contributed by atoms with Gasteiger partial charge in [0.25, 0.3) is 12.6 Å². The summed E-state index contributed by atoms with van der Waals surface area (Å²) in [4.78, 5) is 0. The van der Waals surface area contributed by atoms with Gasteiger partial charge in [-0.3, -0.25) is 0 Å². The Bertz CT molecular complexity index is 570. The fourth-order valence-electron chi connectivity index (χ4n) is 2.29. The van der Waals surface area contributed by atoms with Crippen LogP contribution in [0.25, 0.3) is 0 Å². The molecule has 4 heteroatoms. The summed E-state index contributed by atoms with van der Waals surface area (Å²) in [6, 6.07) is 15.6. The van der Waals surface area contributed by atoms with Gasteiger partial charge in [-0.1, -0.05) is 36.4 Å². The van der Waals surface area contributed by atoms with Gasteiger partial charge >= 0.3 is 0 Å². The van der Waals surface area contributed by atoms with E-state index in [4.69, 9.17) is 18.9 Å². The first kappa shape index (κ1) is 14.9. The number of rotatable bonds is 4. The molecule has 0 amide bonds. The summed E-state index contributed by atoms with van der Waals surface area (Å²) in [6.45, 7) is 4.97. The monoisotopic (exact) mass is 300 g/mol. The van der Waals surface area contributed by atoms with Crippen molar-refractivity contribution in [3.63, 3.8) is 0 Å². The van der Waals surface area contributed by atoms with Gasteiger partial charge in [0.1, 0.15) is 11.5 Å². The molecule has 2 aromatic rings. The van der Waals surface area contributed by atoms with Crippen LogP contribution < -0.4 is 9.47 Å². The van der Waals surface area contributed by atoms with Crippen molar-refractivity contribution < 1.29 is 18.9 Å². The smallest absolute Gasteiger partial charge is 0.263 e. The van der Waals surface area contributed by atoms with Crippen molar-refractivity contribution in [1.29, 1.82) is 0 Å². The van der Waals surface area contributed by atoms with E-state index in [0.717, 1.165) is 22.6 Å². The lowest BCUT2D eigenvalue weighted by atomic mass is 10.2. The molecule has 0 spiro atoms. The highest BCUT2D eigenvalue weighted by Crippen LogP contribution is 2.25. The molecule has 2 atom stereocenters. The Morgan fingerprint density at radius 1 is 0.727 bits per heavy atom. The molecule has 2 aromatic carbocycles. The molecule has 22 heavy (non-hydrogen) atoms. The molecular formula is C18H20O4. The average Bonchev–Trinajstić information content (AvgIpc) is 2.53. The lowest BCUT2D eigenvalue weighted by molar-refractivity contribution is -0.271. The van der Waals surface area contributed by atoms with E-state index in [0.29, 0.717) is 13.2 Å². The van der Waals surface area contributed by atoms with Crippen molar-refractivity contribution in [3.05, 3.63) is 59.7 Å². The first-order valence-electron chi connectivity index (χ1n) is 7.42. The van der Waals surface area contributed by atoms with E-state index in [-0.39, 0.29) is 0 Å². The molecule has 1 aliphatic heterocycles. The molecule has 0 unspecified atom stereocenters. The van der Waals surface area contributed by atoms with E-state index in [1.54, 1.807) is 0 Å². The van der Waals surface area contributed by atoms with Gasteiger partial charge in [-0.15, -0.1) is 0 Å². The molecule has 0 aliphatic carbocycles. The van der Waals surface area contributed by atoms with Crippen LogP contribution in [-0.4, -0.2) is 25.8 Å². The highest BCUT2D eigenvalue weighted by atomic mass is 16.8. The predicted molar refractivity (Wildman–Crippen MR) is 83.1 cm³/mol. The number of hydrogen-bond donors (Lipinski definition) is 0. The maximum atomic E-state index is 5.94. The highest BCUT2D eigenvalue weighted by molar-refractivity contribution is 5.33. The Hall–Kier alpha value is -2.04. The van der Waals surface area contributed by atoms with Gasteiger partial charge in [-0.05, 0) is 37.1 Å². The molecule has 0 bridgehead atoms. The first-order valence-corrected chi connectivity index (χ1v) is 7.42. The quantitative estimate of drug-likeness (QED) is 0.866. The Kier molecular flexibility index (Phi) is 4.61. The molecule has 1 fully saturated rings. The van der Waals surface area contributed by atoms with E-state index >= 15 is 0 Å². The van der Waals surface area contributed by atoms with Crippen LogP contribution in [0.4, 0.5) is 0 Å². The minimum Gasteiger partial charge on any atom is -0.458 e. The minimum absolute atomic E-state index is 0.490. The Morgan fingerprint density at radius 3 is 1.55 bits per heavy atom. The molecule has 0 saturated carbocycles. The molecular weight excluding hydrogens is 280 g/mol. The van der Waals surface area contributed by atoms with Gasteiger partial charge in [0, 0.05) is 0 Å². The number of benzene rings is 2. The molecule has 3 rings (SSSR count). The fraction of sp³-hybridized carbons (Fsp3) is 0.333. The normalized spacial score (nSPS) is 21.4. The Morgan fingerprint density at radius 2 is 1.14 bits per heavy atom. The summed E-state index contributed by atoms with van der Waals surface area (Å²) >= 11 is 0. The van der Waals surface area contributed by atoms with Crippen LogP contribution in [0.2, 0.25) is 0 Å². The van der Waals surface area contributed by atoms with Crippen LogP contribution in [0.3, 0.4) is 0 Å². The van der Waals surface area contributed by atoms with Crippen LogP contribution in [0.15, 0.2) is 48.5 Å². The standard InChI is InChI=1S/C18H20O4/c1-13-7-3-5-9-15(13)21-17-18(20-12-11-19-17)22-16-10-6-4-8-14(16)2/h3-10,17-18H,11-12H2,1-2H3/t17-,18+. The van der Waals surface area contributed by atoms with Gasteiger partial charge in [0.2, 0.25) is 0 Å². The second-order valence-corrected chi connectivity index (χ2v) is 5.25. The zero-order valence-corrected chi connectivity index (χ0v) is 12.8. The number of hydrogen-bond acceptors (Lipinski definition) is 4. The molecule has 0 N–H and O–H groups in total. The average molecular weight is 300 g/mol. The van der Waals surface area contributed by atoms with Crippen molar-refractivity contribution in [2.45, 2.75) is 26.4 Å². The highest BCUT2D eigenvalue weighted by Gasteiger charge is 2.31. The van der Waals surface area contributed by atoms with Gasteiger partial charge in [0.15, 0.2) is 0 Å². The molecule has 0 aromatic heterocycles. The molecule has 1 aliphatic rings. The van der Waals surface area contributed by atoms with E-state index in [2.05, 4.69) is 0 Å². The maximum absolute atomic E-state index is 5.94. The maximum Gasteiger partial charge on any atom is 0.263 e. The summed E-state index contributed by atoms with van der Waals surface area (Å²) in [7, 11) is 0. The second kappa shape index (κ2) is 6.81. The summed E-state index contributed by atoms with van der Waals surface area (Å²) in [5.41, 5.74) is 2.10. The molecule has 4 nitrogen and oxygen atoms in total. The summed E-state index contributed by atoms with van der Waals surface area (Å²) in [5.74, 6) is 1.55. The number of ether oxygens (including phenoxy) is 4. The third kappa shape index (κ3) is 3.40.